The van der Waals surface area contributed by atoms with Crippen LogP contribution in [0.25, 0.3) is 0 Å². The van der Waals surface area contributed by atoms with Gasteiger partial charge in [0.2, 0.25) is 5.91 Å². The Bertz CT molecular complexity index is 1130. The predicted molar refractivity (Wildman–Crippen MR) is 132 cm³/mol. The van der Waals surface area contributed by atoms with Crippen LogP contribution in [-0.2, 0) is 9.53 Å². The molecule has 10 nitrogen and oxygen atoms in total. The molecule has 1 saturated carbocycles. The van der Waals surface area contributed by atoms with Crippen molar-refractivity contribution in [3.63, 3.8) is 0 Å². The van der Waals surface area contributed by atoms with E-state index in [1.54, 1.807) is 50.2 Å². The van der Waals surface area contributed by atoms with Gasteiger partial charge >= 0.3 is 0 Å². The van der Waals surface area contributed by atoms with Crippen LogP contribution in [0.4, 0.5) is 5.69 Å². The Labute approximate surface area is 210 Å². The Morgan fingerprint density at radius 3 is 2.56 bits per heavy atom. The van der Waals surface area contributed by atoms with Gasteiger partial charge in [0.25, 0.3) is 11.8 Å². The van der Waals surface area contributed by atoms with Crippen LogP contribution in [0.3, 0.4) is 0 Å². The van der Waals surface area contributed by atoms with Gasteiger partial charge in [0.05, 0.1) is 17.7 Å². The molecule has 0 bridgehead atoms. The molecule has 2 aromatic rings. The van der Waals surface area contributed by atoms with Gasteiger partial charge in [-0.1, -0.05) is 12.1 Å². The zero-order valence-electron chi connectivity index (χ0n) is 21.4. The van der Waals surface area contributed by atoms with Crippen LogP contribution in [-0.4, -0.2) is 78.7 Å². The summed E-state index contributed by atoms with van der Waals surface area (Å²) in [6.45, 7) is 6.77. The first-order valence-corrected chi connectivity index (χ1v) is 12.3. The lowest BCUT2D eigenvalue weighted by atomic mass is 10.0. The van der Waals surface area contributed by atoms with Gasteiger partial charge in [-0.05, 0) is 38.8 Å². The molecule has 2 heterocycles. The van der Waals surface area contributed by atoms with Gasteiger partial charge in [-0.2, -0.15) is 0 Å². The lowest BCUT2D eigenvalue weighted by Crippen LogP contribution is -2.49. The fourth-order valence-electron chi connectivity index (χ4n) is 4.39. The second-order valence-electron chi connectivity index (χ2n) is 9.85. The summed E-state index contributed by atoms with van der Waals surface area (Å²) >= 11 is 0. The lowest BCUT2D eigenvalue weighted by molar-refractivity contribution is -0.136. The minimum Gasteiger partial charge on any atom is -0.491 e. The van der Waals surface area contributed by atoms with Crippen molar-refractivity contribution in [2.75, 3.05) is 39.2 Å². The first kappa shape index (κ1) is 25.7. The van der Waals surface area contributed by atoms with E-state index in [-0.39, 0.29) is 48.1 Å². The number of benzene rings is 1. The number of nitrogens with zero attached hydrogens (tertiary/aromatic N) is 3. The zero-order valence-corrected chi connectivity index (χ0v) is 21.4. The lowest BCUT2D eigenvalue weighted by Gasteiger charge is -2.36. The highest BCUT2D eigenvalue weighted by Crippen LogP contribution is 2.33. The highest BCUT2D eigenvalue weighted by molar-refractivity contribution is 6.04. The molecule has 1 aromatic heterocycles. The van der Waals surface area contributed by atoms with E-state index in [1.807, 2.05) is 18.7 Å². The molecular formula is C26H34N4O6. The van der Waals surface area contributed by atoms with Gasteiger partial charge in [0, 0.05) is 56.9 Å². The van der Waals surface area contributed by atoms with Gasteiger partial charge in [-0.15, -0.1) is 0 Å². The molecule has 0 radical (unpaired) electrons. The van der Waals surface area contributed by atoms with E-state index in [0.717, 1.165) is 12.8 Å². The van der Waals surface area contributed by atoms with Crippen molar-refractivity contribution >= 4 is 23.4 Å². The van der Waals surface area contributed by atoms with Crippen LogP contribution in [0.15, 0.2) is 28.8 Å². The molecule has 0 spiro atoms. The van der Waals surface area contributed by atoms with Gasteiger partial charge in [0.1, 0.15) is 18.1 Å². The molecule has 4 rings (SSSR count). The maximum atomic E-state index is 13.3. The summed E-state index contributed by atoms with van der Waals surface area (Å²) in [5.74, 6) is 0.433. The van der Waals surface area contributed by atoms with Crippen molar-refractivity contribution in [3.8, 4) is 5.75 Å². The van der Waals surface area contributed by atoms with Crippen LogP contribution >= 0.6 is 0 Å². The van der Waals surface area contributed by atoms with E-state index in [1.165, 1.54) is 0 Å². The van der Waals surface area contributed by atoms with Crippen LogP contribution in [0.2, 0.25) is 0 Å². The monoisotopic (exact) mass is 498 g/mol. The average Bonchev–Trinajstić information content (AvgIpc) is 3.62. The average molecular weight is 499 g/mol. The summed E-state index contributed by atoms with van der Waals surface area (Å²) in [6, 6.07) is 6.22. The van der Waals surface area contributed by atoms with E-state index in [0.29, 0.717) is 35.9 Å². The largest absolute Gasteiger partial charge is 0.491 e. The molecule has 2 aliphatic rings. The molecule has 1 aliphatic heterocycles. The van der Waals surface area contributed by atoms with Gasteiger partial charge < -0.3 is 29.1 Å². The van der Waals surface area contributed by atoms with Gasteiger partial charge in [0.15, 0.2) is 5.69 Å². The second kappa shape index (κ2) is 10.7. The van der Waals surface area contributed by atoms with E-state index in [2.05, 4.69) is 10.5 Å². The third kappa shape index (κ3) is 5.70. The SMILES string of the molecule is CO[C@H]1CN(C)C(=O)c2ccc(NC(=O)c3cc(C)on3)cc2OC[C@H](C)N(C(=O)C2CC2)C[C@H]1C. The van der Waals surface area contributed by atoms with Gasteiger partial charge in [-0.3, -0.25) is 14.4 Å². The topological polar surface area (TPSA) is 114 Å². The molecule has 0 unspecified atom stereocenters. The number of methoxy groups -OCH3 is 1. The molecule has 10 heteroatoms. The summed E-state index contributed by atoms with van der Waals surface area (Å²) < 4.78 is 16.8. The van der Waals surface area contributed by atoms with Crippen molar-refractivity contribution < 1.29 is 28.4 Å². The number of hydrogen-bond acceptors (Lipinski definition) is 7. The zero-order chi connectivity index (χ0) is 26.0. The summed E-state index contributed by atoms with van der Waals surface area (Å²) in [6.07, 6.45) is 1.59. The van der Waals surface area contributed by atoms with Crippen molar-refractivity contribution in [3.05, 3.63) is 41.3 Å². The second-order valence-corrected chi connectivity index (χ2v) is 9.85. The third-order valence-electron chi connectivity index (χ3n) is 6.77. The molecule has 1 fully saturated rings. The molecule has 0 saturated heterocycles. The predicted octanol–water partition coefficient (Wildman–Crippen LogP) is 2.98. The number of hydrogen-bond donors (Lipinski definition) is 1. The van der Waals surface area contributed by atoms with E-state index in [4.69, 9.17) is 14.0 Å². The van der Waals surface area contributed by atoms with E-state index >= 15 is 0 Å². The fraction of sp³-hybridized carbons (Fsp3) is 0.538. The maximum Gasteiger partial charge on any atom is 0.277 e. The normalized spacial score (nSPS) is 23.2. The fourth-order valence-corrected chi connectivity index (χ4v) is 4.39. The van der Waals surface area contributed by atoms with Crippen molar-refractivity contribution in [1.29, 1.82) is 0 Å². The smallest absolute Gasteiger partial charge is 0.277 e. The number of carbonyl (C=O) groups excluding carboxylic acids is 3. The Kier molecular flexibility index (Phi) is 7.63. The van der Waals surface area contributed by atoms with Crippen LogP contribution < -0.4 is 10.1 Å². The molecule has 36 heavy (non-hydrogen) atoms. The van der Waals surface area contributed by atoms with Gasteiger partial charge in [-0.25, -0.2) is 0 Å². The number of aromatic nitrogens is 1. The van der Waals surface area contributed by atoms with Crippen LogP contribution in [0.1, 0.15) is 53.3 Å². The van der Waals surface area contributed by atoms with E-state index in [9.17, 15) is 14.4 Å². The highest BCUT2D eigenvalue weighted by Gasteiger charge is 2.37. The summed E-state index contributed by atoms with van der Waals surface area (Å²) in [4.78, 5) is 42.5. The standard InChI is InChI=1S/C26H34N4O6/c1-15-12-30(25(32)18-6-7-18)16(2)14-35-22-11-19(27-24(31)21-10-17(3)36-28-21)8-9-20(22)26(33)29(4)13-23(15)34-5/h8-11,15-16,18,23H,6-7,12-14H2,1-5H3,(H,27,31)/t15-,16+,23+/m1/s1. The number of anilines is 1. The molecule has 1 N–H and O–H groups in total. The molecule has 3 amide bonds. The molecule has 1 aromatic carbocycles. The number of amides is 3. The summed E-state index contributed by atoms with van der Waals surface area (Å²) in [5, 5.41) is 6.50. The first-order valence-electron chi connectivity index (χ1n) is 12.3. The van der Waals surface area contributed by atoms with E-state index < -0.39 is 5.91 Å². The third-order valence-corrected chi connectivity index (χ3v) is 6.77. The quantitative estimate of drug-likeness (QED) is 0.689. The molecule has 194 valence electrons. The Balaban J connectivity index is 1.63. The Hall–Kier alpha value is -3.40. The number of carbonyl (C=O) groups is 3. The minimum absolute atomic E-state index is 0.0204. The summed E-state index contributed by atoms with van der Waals surface area (Å²) in [7, 11) is 3.35. The Morgan fingerprint density at radius 2 is 1.92 bits per heavy atom. The molecular weight excluding hydrogens is 464 g/mol. The molecule has 1 aliphatic carbocycles. The molecule has 3 atom stereocenters. The van der Waals surface area contributed by atoms with Crippen LogP contribution in [0.5, 0.6) is 5.75 Å². The minimum atomic E-state index is -0.435. The number of fused-ring (bicyclic) bond motifs is 1. The number of aryl methyl sites for hydroxylation is 1. The summed E-state index contributed by atoms with van der Waals surface area (Å²) in [5.41, 5.74) is 0.964. The van der Waals surface area contributed by atoms with Crippen molar-refractivity contribution in [1.82, 2.24) is 15.0 Å². The van der Waals surface area contributed by atoms with Crippen LogP contribution in [0, 0.1) is 18.8 Å². The Morgan fingerprint density at radius 1 is 1.17 bits per heavy atom. The number of rotatable bonds is 4. The van der Waals surface area contributed by atoms with Crippen molar-refractivity contribution in [2.45, 2.75) is 45.8 Å². The number of nitrogens with one attached hydrogen (secondary N) is 1. The highest BCUT2D eigenvalue weighted by atomic mass is 16.5. The number of likely N-dealkylation sites (N-methyl/N-ethyl adjacent to an activating group) is 1. The first-order chi connectivity index (χ1) is 17.2. The maximum absolute atomic E-state index is 13.3. The number of ether oxygens (including phenoxy) is 2. The van der Waals surface area contributed by atoms with Crippen molar-refractivity contribution in [2.24, 2.45) is 11.8 Å².